The van der Waals surface area contributed by atoms with Gasteiger partial charge in [0, 0.05) is 43.5 Å². The van der Waals surface area contributed by atoms with Crippen molar-refractivity contribution in [2.45, 2.75) is 19.9 Å². The minimum absolute atomic E-state index is 0.241. The van der Waals surface area contributed by atoms with Crippen molar-refractivity contribution in [2.75, 3.05) is 19.6 Å². The maximum atomic E-state index is 12.7. The molecule has 0 saturated heterocycles. The van der Waals surface area contributed by atoms with Crippen LogP contribution in [0, 0.1) is 11.3 Å². The fraction of sp³-hybridized carbons (Fsp3) is 0.231. The van der Waals surface area contributed by atoms with Crippen molar-refractivity contribution in [2.24, 2.45) is 0 Å². The van der Waals surface area contributed by atoms with E-state index in [0.717, 1.165) is 58.4 Å². The Morgan fingerprint density at radius 1 is 1.18 bits per heavy atom. The number of benzene rings is 1. The van der Waals surface area contributed by atoms with E-state index in [1.54, 1.807) is 35.6 Å². The molecule has 1 aliphatic rings. The van der Waals surface area contributed by atoms with Gasteiger partial charge in [-0.25, -0.2) is 9.97 Å². The number of nitrogens with zero attached hydrogens (tertiary/aromatic N) is 3. The highest BCUT2D eigenvalue weighted by Gasteiger charge is 2.15. The lowest BCUT2D eigenvalue weighted by Gasteiger charge is -2.10. The SMILES string of the molecule is CCNCCNCc1cnc2sc(C3=CC=CC=C(NC(=O)c4cccc(C#N)c4)C3)nc2c1. The van der Waals surface area contributed by atoms with Gasteiger partial charge in [0.25, 0.3) is 5.91 Å². The summed E-state index contributed by atoms with van der Waals surface area (Å²) < 4.78 is 0. The lowest BCUT2D eigenvalue weighted by molar-refractivity contribution is 0.0965. The molecule has 1 aliphatic carbocycles. The zero-order valence-corrected chi connectivity index (χ0v) is 19.8. The number of carbonyl (C=O) groups is 1. The number of nitriles is 1. The summed E-state index contributed by atoms with van der Waals surface area (Å²) in [4.78, 5) is 23.0. The molecule has 0 fully saturated rings. The first-order valence-corrected chi connectivity index (χ1v) is 12.0. The van der Waals surface area contributed by atoms with Crippen molar-refractivity contribution in [1.82, 2.24) is 25.9 Å². The van der Waals surface area contributed by atoms with Gasteiger partial charge in [-0.1, -0.05) is 42.6 Å². The number of hydrogen-bond acceptors (Lipinski definition) is 7. The first-order valence-electron chi connectivity index (χ1n) is 11.2. The molecule has 0 bridgehead atoms. The van der Waals surface area contributed by atoms with E-state index < -0.39 is 0 Å². The molecule has 2 aromatic heterocycles. The second kappa shape index (κ2) is 11.5. The van der Waals surface area contributed by atoms with Gasteiger partial charge < -0.3 is 16.0 Å². The van der Waals surface area contributed by atoms with Crippen LogP contribution in [-0.4, -0.2) is 35.5 Å². The molecule has 34 heavy (non-hydrogen) atoms. The maximum Gasteiger partial charge on any atom is 0.255 e. The average molecular weight is 471 g/mol. The number of nitrogens with one attached hydrogen (secondary N) is 3. The van der Waals surface area contributed by atoms with Gasteiger partial charge in [-0.3, -0.25) is 4.79 Å². The molecule has 172 valence electrons. The number of rotatable bonds is 9. The highest BCUT2D eigenvalue weighted by molar-refractivity contribution is 7.19. The van der Waals surface area contributed by atoms with Crippen molar-refractivity contribution < 1.29 is 4.79 Å². The van der Waals surface area contributed by atoms with E-state index in [4.69, 9.17) is 10.2 Å². The summed E-state index contributed by atoms with van der Waals surface area (Å²) in [6.45, 7) is 5.65. The van der Waals surface area contributed by atoms with Crippen molar-refractivity contribution >= 4 is 33.2 Å². The Kier molecular flexibility index (Phi) is 7.94. The maximum absolute atomic E-state index is 12.7. The Morgan fingerprint density at radius 3 is 2.88 bits per heavy atom. The molecular formula is C26H26N6OS. The second-order valence-corrected chi connectivity index (χ2v) is 8.79. The molecular weight excluding hydrogens is 444 g/mol. The Bertz CT molecular complexity index is 1310. The summed E-state index contributed by atoms with van der Waals surface area (Å²) >= 11 is 1.55. The summed E-state index contributed by atoms with van der Waals surface area (Å²) in [7, 11) is 0. The number of carbonyl (C=O) groups excluding carboxylic acids is 1. The molecule has 1 aromatic carbocycles. The van der Waals surface area contributed by atoms with Gasteiger partial charge in [-0.2, -0.15) is 5.26 Å². The first kappa shape index (κ1) is 23.5. The normalized spacial score (nSPS) is 13.2. The Balaban J connectivity index is 1.44. The van der Waals surface area contributed by atoms with Crippen molar-refractivity contribution in [1.29, 1.82) is 5.26 Å². The highest BCUT2D eigenvalue weighted by Crippen LogP contribution is 2.30. The summed E-state index contributed by atoms with van der Waals surface area (Å²) in [5, 5.41) is 19.7. The summed E-state index contributed by atoms with van der Waals surface area (Å²) in [6, 6.07) is 10.8. The minimum atomic E-state index is -0.241. The van der Waals surface area contributed by atoms with Crippen LogP contribution in [-0.2, 0) is 6.54 Å². The number of thiazole rings is 1. The van der Waals surface area contributed by atoms with Crippen molar-refractivity contribution in [3.05, 3.63) is 88.2 Å². The van der Waals surface area contributed by atoms with Crippen LogP contribution in [0.3, 0.4) is 0 Å². The molecule has 4 rings (SSSR count). The number of hydrogen-bond donors (Lipinski definition) is 3. The summed E-state index contributed by atoms with van der Waals surface area (Å²) in [6.07, 6.45) is 10.2. The van der Waals surface area contributed by atoms with Crippen LogP contribution in [0.2, 0.25) is 0 Å². The third-order valence-electron chi connectivity index (χ3n) is 5.25. The van der Waals surface area contributed by atoms with Gasteiger partial charge in [0.15, 0.2) is 0 Å². The van der Waals surface area contributed by atoms with Crippen LogP contribution >= 0.6 is 11.3 Å². The summed E-state index contributed by atoms with van der Waals surface area (Å²) in [5.41, 5.74) is 4.67. The van der Waals surface area contributed by atoms with Crippen LogP contribution in [0.25, 0.3) is 15.9 Å². The molecule has 0 saturated carbocycles. The van der Waals surface area contributed by atoms with E-state index in [-0.39, 0.29) is 5.91 Å². The third kappa shape index (κ3) is 6.02. The number of fused-ring (bicyclic) bond motifs is 1. The fourth-order valence-corrected chi connectivity index (χ4v) is 4.45. The molecule has 7 nitrogen and oxygen atoms in total. The molecule has 0 atom stereocenters. The largest absolute Gasteiger partial charge is 0.325 e. The number of likely N-dealkylation sites (N-methyl/N-ethyl adjacent to an activating group) is 1. The van der Waals surface area contributed by atoms with E-state index in [0.29, 0.717) is 17.5 Å². The predicted octanol–water partition coefficient (Wildman–Crippen LogP) is 3.92. The Morgan fingerprint density at radius 2 is 2.03 bits per heavy atom. The van der Waals surface area contributed by atoms with E-state index in [2.05, 4.69) is 40.0 Å². The van der Waals surface area contributed by atoms with Crippen LogP contribution < -0.4 is 16.0 Å². The van der Waals surface area contributed by atoms with Gasteiger partial charge in [-0.05, 0) is 48.0 Å². The van der Waals surface area contributed by atoms with Gasteiger partial charge in [-0.15, -0.1) is 0 Å². The zero-order valence-electron chi connectivity index (χ0n) is 19.0. The number of pyridine rings is 1. The number of aromatic nitrogens is 2. The molecule has 8 heteroatoms. The van der Waals surface area contributed by atoms with Crippen molar-refractivity contribution in [3.8, 4) is 6.07 Å². The topological polar surface area (TPSA) is 103 Å². The van der Waals surface area contributed by atoms with Gasteiger partial charge >= 0.3 is 0 Å². The molecule has 2 heterocycles. The highest BCUT2D eigenvalue weighted by atomic mass is 32.1. The number of amides is 1. The molecule has 1 amide bonds. The molecule has 0 radical (unpaired) electrons. The van der Waals surface area contributed by atoms with Crippen molar-refractivity contribution in [3.63, 3.8) is 0 Å². The fourth-order valence-electron chi connectivity index (χ4n) is 3.53. The van der Waals surface area contributed by atoms with E-state index in [1.807, 2.05) is 30.5 Å². The minimum Gasteiger partial charge on any atom is -0.325 e. The lowest BCUT2D eigenvalue weighted by atomic mass is 10.1. The monoisotopic (exact) mass is 470 g/mol. The molecule has 0 unspecified atom stereocenters. The van der Waals surface area contributed by atoms with Crippen LogP contribution in [0.15, 0.2) is 66.5 Å². The molecule has 0 aliphatic heterocycles. The second-order valence-electron chi connectivity index (χ2n) is 7.81. The third-order valence-corrected chi connectivity index (χ3v) is 6.31. The molecule has 3 N–H and O–H groups in total. The van der Waals surface area contributed by atoms with Crippen LogP contribution in [0.5, 0.6) is 0 Å². The Labute approximate surface area is 202 Å². The summed E-state index contributed by atoms with van der Waals surface area (Å²) in [5.74, 6) is -0.241. The smallest absolute Gasteiger partial charge is 0.255 e. The van der Waals surface area contributed by atoms with Gasteiger partial charge in [0.2, 0.25) is 0 Å². The predicted molar refractivity (Wildman–Crippen MR) is 136 cm³/mol. The standard InChI is InChI=1S/C26H26N6OS/c1-2-28-10-11-29-16-19-13-23-26(30-17-19)34-25(32-23)21-7-3-4-9-22(14-21)31-24(33)20-8-5-6-18(12-20)15-27/h3-9,12-13,17,28-29H,2,10-11,14,16H2,1H3,(H,31,33). The van der Waals surface area contributed by atoms with Crippen LogP contribution in [0.1, 0.15) is 39.8 Å². The zero-order chi connectivity index (χ0) is 23.8. The average Bonchev–Trinajstić information content (AvgIpc) is 3.15. The number of allylic oxidation sites excluding steroid dienone is 5. The molecule has 3 aromatic rings. The van der Waals surface area contributed by atoms with Crippen LogP contribution in [0.4, 0.5) is 0 Å². The quantitative estimate of drug-likeness (QED) is 0.410. The Hall–Kier alpha value is -3.64. The van der Waals surface area contributed by atoms with E-state index in [9.17, 15) is 4.79 Å². The first-order chi connectivity index (χ1) is 16.7. The van der Waals surface area contributed by atoms with E-state index in [1.165, 1.54) is 0 Å². The van der Waals surface area contributed by atoms with Gasteiger partial charge in [0.1, 0.15) is 15.4 Å². The van der Waals surface area contributed by atoms with E-state index >= 15 is 0 Å². The van der Waals surface area contributed by atoms with Gasteiger partial charge in [0.05, 0.1) is 11.6 Å². The molecule has 0 spiro atoms. The lowest BCUT2D eigenvalue weighted by Crippen LogP contribution is -2.26.